The number of amides is 1. The van der Waals surface area contributed by atoms with Crippen molar-refractivity contribution in [2.75, 3.05) is 13.6 Å². The van der Waals surface area contributed by atoms with Gasteiger partial charge in [-0.3, -0.25) is 4.79 Å². The van der Waals surface area contributed by atoms with Crippen molar-refractivity contribution in [2.24, 2.45) is 5.73 Å². The molecule has 1 amide bonds. The quantitative estimate of drug-likeness (QED) is 0.740. The predicted octanol–water partition coefficient (Wildman–Crippen LogP) is 0.323. The summed E-state index contributed by atoms with van der Waals surface area (Å²) in [6, 6.07) is 0. The number of rotatable bonds is 5. The third kappa shape index (κ3) is 3.43. The minimum absolute atomic E-state index is 0.000625. The first-order valence-electron chi connectivity index (χ1n) is 4.60. The second kappa shape index (κ2) is 5.72. The van der Waals surface area contributed by atoms with Crippen molar-refractivity contribution in [1.82, 2.24) is 10.3 Å². The van der Waals surface area contributed by atoms with Gasteiger partial charge in [0.15, 0.2) is 0 Å². The Morgan fingerprint density at radius 3 is 3.14 bits per heavy atom. The van der Waals surface area contributed by atoms with Crippen LogP contribution in [0.15, 0.2) is 5.38 Å². The maximum atomic E-state index is 11.0. The summed E-state index contributed by atoms with van der Waals surface area (Å²) in [4.78, 5) is 15.4. The van der Waals surface area contributed by atoms with Gasteiger partial charge < -0.3 is 11.1 Å². The number of nitrogens with one attached hydrogen (secondary N) is 1. The number of aromatic nitrogens is 1. The van der Waals surface area contributed by atoms with Crippen LogP contribution in [0.5, 0.6) is 0 Å². The van der Waals surface area contributed by atoms with E-state index < -0.39 is 0 Å². The minimum atomic E-state index is 0.000625. The van der Waals surface area contributed by atoms with Crippen molar-refractivity contribution in [3.8, 4) is 0 Å². The summed E-state index contributed by atoms with van der Waals surface area (Å²) in [5.74, 6) is 0.000625. The van der Waals surface area contributed by atoms with Gasteiger partial charge in [-0.2, -0.15) is 0 Å². The van der Waals surface area contributed by atoms with Crippen LogP contribution in [-0.2, 0) is 17.6 Å². The number of thiazole rings is 1. The third-order valence-corrected chi connectivity index (χ3v) is 2.77. The molecule has 5 heteroatoms. The molecule has 0 atom stereocenters. The summed E-state index contributed by atoms with van der Waals surface area (Å²) in [5, 5.41) is 5.57. The lowest BCUT2D eigenvalue weighted by Crippen LogP contribution is -2.20. The van der Waals surface area contributed by atoms with Crippen LogP contribution in [0.2, 0.25) is 0 Å². The van der Waals surface area contributed by atoms with Crippen LogP contribution in [0.1, 0.15) is 17.1 Å². The van der Waals surface area contributed by atoms with E-state index in [-0.39, 0.29) is 5.91 Å². The van der Waals surface area contributed by atoms with E-state index in [0.29, 0.717) is 13.0 Å². The Balaban J connectivity index is 2.46. The van der Waals surface area contributed by atoms with Crippen LogP contribution in [0.4, 0.5) is 0 Å². The zero-order valence-corrected chi connectivity index (χ0v) is 9.06. The maximum Gasteiger partial charge on any atom is 0.225 e. The van der Waals surface area contributed by atoms with Crippen molar-refractivity contribution in [2.45, 2.75) is 19.3 Å². The molecule has 14 heavy (non-hydrogen) atoms. The molecular weight excluding hydrogens is 198 g/mol. The Hall–Kier alpha value is -0.940. The molecule has 0 aromatic carbocycles. The number of nitrogens with two attached hydrogens (primary N) is 1. The molecule has 0 aliphatic carbocycles. The minimum Gasteiger partial charge on any atom is -0.359 e. The second-order valence-corrected chi connectivity index (χ2v) is 3.92. The van der Waals surface area contributed by atoms with E-state index in [4.69, 9.17) is 5.73 Å². The Morgan fingerprint density at radius 2 is 2.50 bits per heavy atom. The molecule has 4 nitrogen and oxygen atoms in total. The first kappa shape index (κ1) is 11.1. The molecule has 0 unspecified atom stereocenters. The van der Waals surface area contributed by atoms with E-state index in [2.05, 4.69) is 10.3 Å². The molecule has 1 rings (SSSR count). The normalized spacial score (nSPS) is 10.1. The van der Waals surface area contributed by atoms with Crippen molar-refractivity contribution in [3.05, 3.63) is 16.1 Å². The van der Waals surface area contributed by atoms with E-state index in [1.54, 1.807) is 18.4 Å². The molecule has 1 heterocycles. The number of aryl methyl sites for hydroxylation is 1. The fourth-order valence-corrected chi connectivity index (χ4v) is 1.89. The first-order valence-corrected chi connectivity index (χ1v) is 5.48. The van der Waals surface area contributed by atoms with Gasteiger partial charge in [0.2, 0.25) is 5.91 Å². The second-order valence-electron chi connectivity index (χ2n) is 2.97. The summed E-state index contributed by atoms with van der Waals surface area (Å²) in [6.07, 6.45) is 2.23. The average molecular weight is 213 g/mol. The summed E-state index contributed by atoms with van der Waals surface area (Å²) < 4.78 is 0. The summed E-state index contributed by atoms with van der Waals surface area (Å²) in [7, 11) is 1.63. The fourth-order valence-electron chi connectivity index (χ4n) is 1.05. The molecule has 0 spiro atoms. The van der Waals surface area contributed by atoms with Gasteiger partial charge in [0, 0.05) is 18.8 Å². The number of carbonyl (C=O) groups excluding carboxylic acids is 1. The number of hydrogen-bond acceptors (Lipinski definition) is 4. The van der Waals surface area contributed by atoms with Crippen molar-refractivity contribution in [3.63, 3.8) is 0 Å². The molecule has 0 saturated carbocycles. The molecule has 0 bridgehead atoms. The van der Waals surface area contributed by atoms with Crippen molar-refractivity contribution in [1.29, 1.82) is 0 Å². The highest BCUT2D eigenvalue weighted by Crippen LogP contribution is 2.11. The molecule has 1 aromatic rings. The number of likely N-dealkylation sites (N-methyl/N-ethyl adjacent to an activating group) is 1. The lowest BCUT2D eigenvalue weighted by Gasteiger charge is -1.95. The van der Waals surface area contributed by atoms with Crippen LogP contribution in [0.25, 0.3) is 0 Å². The highest BCUT2D eigenvalue weighted by Gasteiger charge is 2.05. The van der Waals surface area contributed by atoms with Crippen LogP contribution in [0.3, 0.4) is 0 Å². The molecule has 0 saturated heterocycles. The molecule has 0 radical (unpaired) electrons. The first-order chi connectivity index (χ1) is 6.76. The van der Waals surface area contributed by atoms with E-state index in [1.165, 1.54) is 0 Å². The summed E-state index contributed by atoms with van der Waals surface area (Å²) >= 11 is 1.60. The van der Waals surface area contributed by atoms with E-state index in [9.17, 15) is 4.79 Å². The van der Waals surface area contributed by atoms with Crippen LogP contribution in [0, 0.1) is 0 Å². The van der Waals surface area contributed by atoms with E-state index in [0.717, 1.165) is 23.5 Å². The predicted molar refractivity (Wildman–Crippen MR) is 57.3 cm³/mol. The van der Waals surface area contributed by atoms with Crippen LogP contribution >= 0.6 is 11.3 Å². The lowest BCUT2D eigenvalue weighted by atomic mass is 10.3. The van der Waals surface area contributed by atoms with Gasteiger partial charge in [0.1, 0.15) is 0 Å². The van der Waals surface area contributed by atoms with Crippen LogP contribution < -0.4 is 11.1 Å². The summed E-state index contributed by atoms with van der Waals surface area (Å²) in [5.41, 5.74) is 6.25. The summed E-state index contributed by atoms with van der Waals surface area (Å²) in [6.45, 7) is 0.685. The van der Waals surface area contributed by atoms with E-state index in [1.807, 2.05) is 5.38 Å². The highest BCUT2D eigenvalue weighted by molar-refractivity contribution is 7.09. The van der Waals surface area contributed by atoms with Gasteiger partial charge in [0.05, 0.1) is 17.1 Å². The Kier molecular flexibility index (Phi) is 4.55. The molecular formula is C9H15N3OS. The SMILES string of the molecule is CNC(=O)Cc1csc(CCCN)n1. The van der Waals surface area contributed by atoms with Crippen LogP contribution in [-0.4, -0.2) is 24.5 Å². The molecule has 1 aromatic heterocycles. The number of carbonyl (C=O) groups is 1. The topological polar surface area (TPSA) is 68.0 Å². The number of hydrogen-bond donors (Lipinski definition) is 2. The molecule has 3 N–H and O–H groups in total. The van der Waals surface area contributed by atoms with Crippen molar-refractivity contribution < 1.29 is 4.79 Å². The Morgan fingerprint density at radius 1 is 1.71 bits per heavy atom. The zero-order chi connectivity index (χ0) is 10.4. The largest absolute Gasteiger partial charge is 0.359 e. The average Bonchev–Trinajstić information content (AvgIpc) is 2.62. The monoisotopic (exact) mass is 213 g/mol. The number of nitrogens with zero attached hydrogens (tertiary/aromatic N) is 1. The standard InChI is InChI=1S/C9H15N3OS/c1-11-8(13)5-7-6-14-9(12-7)3-2-4-10/h6H,2-5,10H2,1H3,(H,11,13). The van der Waals surface area contributed by atoms with Gasteiger partial charge in [0.25, 0.3) is 0 Å². The maximum absolute atomic E-state index is 11.0. The van der Waals surface area contributed by atoms with Gasteiger partial charge in [-0.25, -0.2) is 4.98 Å². The zero-order valence-electron chi connectivity index (χ0n) is 8.25. The smallest absolute Gasteiger partial charge is 0.225 e. The van der Waals surface area contributed by atoms with Gasteiger partial charge in [-0.05, 0) is 13.0 Å². The molecule has 0 aliphatic heterocycles. The molecule has 0 fully saturated rings. The van der Waals surface area contributed by atoms with Crippen molar-refractivity contribution >= 4 is 17.2 Å². The highest BCUT2D eigenvalue weighted by atomic mass is 32.1. The molecule has 78 valence electrons. The Bertz CT molecular complexity index is 298. The molecule has 0 aliphatic rings. The van der Waals surface area contributed by atoms with Gasteiger partial charge >= 0.3 is 0 Å². The van der Waals surface area contributed by atoms with E-state index >= 15 is 0 Å². The lowest BCUT2D eigenvalue weighted by molar-refractivity contribution is -0.120. The Labute approximate surface area is 87.5 Å². The van der Waals surface area contributed by atoms with Gasteiger partial charge in [-0.1, -0.05) is 0 Å². The third-order valence-electron chi connectivity index (χ3n) is 1.81. The van der Waals surface area contributed by atoms with Gasteiger partial charge in [-0.15, -0.1) is 11.3 Å². The fraction of sp³-hybridized carbons (Fsp3) is 0.556.